The van der Waals surface area contributed by atoms with Crippen LogP contribution in [0.5, 0.6) is 0 Å². The van der Waals surface area contributed by atoms with Crippen LogP contribution in [0, 0.1) is 0 Å². The Morgan fingerprint density at radius 1 is 1.75 bits per heavy atom. The van der Waals surface area contributed by atoms with E-state index in [0.29, 0.717) is 25.7 Å². The summed E-state index contributed by atoms with van der Waals surface area (Å²) < 4.78 is 4.89. The number of nitrogens with two attached hydrogens (primary N) is 1. The van der Waals surface area contributed by atoms with Gasteiger partial charge in [0.05, 0.1) is 6.54 Å². The molecule has 4 heteroatoms. The van der Waals surface area contributed by atoms with Crippen LogP contribution in [0.15, 0.2) is 0 Å². The van der Waals surface area contributed by atoms with E-state index in [4.69, 9.17) is 10.5 Å². The molecular formula is C8H16N2O2. The van der Waals surface area contributed by atoms with Crippen molar-refractivity contribution < 1.29 is 9.53 Å². The van der Waals surface area contributed by atoms with Crippen molar-refractivity contribution in [2.24, 2.45) is 5.73 Å². The third-order valence-corrected chi connectivity index (χ3v) is 2.09. The number of carbonyl (C=O) groups is 1. The maximum atomic E-state index is 10.9. The van der Waals surface area contributed by atoms with Crippen LogP contribution in [-0.4, -0.2) is 43.2 Å². The van der Waals surface area contributed by atoms with Crippen LogP contribution >= 0.6 is 0 Å². The van der Waals surface area contributed by atoms with Gasteiger partial charge in [0, 0.05) is 12.6 Å². The molecule has 4 nitrogen and oxygen atoms in total. The van der Waals surface area contributed by atoms with Gasteiger partial charge in [0.1, 0.15) is 6.61 Å². The number of rotatable bonds is 3. The predicted octanol–water partition coefficient (Wildman–Crippen LogP) is -0.417. The lowest BCUT2D eigenvalue weighted by molar-refractivity contribution is -0.153. The highest BCUT2D eigenvalue weighted by atomic mass is 16.5. The Bertz CT molecular complexity index is 161. The summed E-state index contributed by atoms with van der Waals surface area (Å²) in [6.45, 7) is 4.57. The highest BCUT2D eigenvalue weighted by molar-refractivity contribution is 5.72. The molecule has 2 N–H and O–H groups in total. The summed E-state index contributed by atoms with van der Waals surface area (Å²) in [5.74, 6) is -0.120. The smallest absolute Gasteiger partial charge is 0.320 e. The van der Waals surface area contributed by atoms with Gasteiger partial charge in [-0.25, -0.2) is 0 Å². The van der Waals surface area contributed by atoms with E-state index in [1.165, 1.54) is 0 Å². The predicted molar refractivity (Wildman–Crippen MR) is 45.7 cm³/mol. The third-order valence-electron chi connectivity index (χ3n) is 2.09. The second-order valence-electron chi connectivity index (χ2n) is 3.14. The topological polar surface area (TPSA) is 55.6 Å². The van der Waals surface area contributed by atoms with E-state index in [0.717, 1.165) is 13.0 Å². The van der Waals surface area contributed by atoms with Crippen LogP contribution in [0.25, 0.3) is 0 Å². The van der Waals surface area contributed by atoms with Crippen molar-refractivity contribution in [2.45, 2.75) is 19.4 Å². The fraction of sp³-hybridized carbons (Fsp3) is 0.875. The van der Waals surface area contributed by atoms with Gasteiger partial charge in [-0.3, -0.25) is 9.69 Å². The number of esters is 1. The molecule has 0 aliphatic carbocycles. The number of morpholine rings is 1. The van der Waals surface area contributed by atoms with Gasteiger partial charge in [-0.1, -0.05) is 0 Å². The van der Waals surface area contributed by atoms with Gasteiger partial charge in [-0.2, -0.15) is 0 Å². The number of cyclic esters (lactones) is 1. The van der Waals surface area contributed by atoms with E-state index in [2.05, 4.69) is 11.8 Å². The normalized spacial score (nSPS) is 25.5. The second kappa shape index (κ2) is 4.42. The Hall–Kier alpha value is -0.610. The van der Waals surface area contributed by atoms with E-state index in [1.54, 1.807) is 0 Å². The molecule has 0 aromatic heterocycles. The van der Waals surface area contributed by atoms with Gasteiger partial charge < -0.3 is 10.5 Å². The first-order valence-corrected chi connectivity index (χ1v) is 4.33. The molecule has 1 aliphatic heterocycles. The van der Waals surface area contributed by atoms with E-state index in [-0.39, 0.29) is 5.97 Å². The SMILES string of the molecule is CC1COC(=O)CN1CCCN. The molecule has 1 aliphatic rings. The van der Waals surface area contributed by atoms with Crippen LogP contribution in [0.4, 0.5) is 0 Å². The first-order chi connectivity index (χ1) is 5.74. The molecule has 0 bridgehead atoms. The molecule has 0 saturated carbocycles. The van der Waals surface area contributed by atoms with Crippen LogP contribution < -0.4 is 5.73 Å². The summed E-state index contributed by atoms with van der Waals surface area (Å²) in [6, 6.07) is 0.342. The van der Waals surface area contributed by atoms with Gasteiger partial charge in [0.2, 0.25) is 0 Å². The fourth-order valence-corrected chi connectivity index (χ4v) is 1.28. The number of hydrogen-bond donors (Lipinski definition) is 1. The molecular weight excluding hydrogens is 156 g/mol. The zero-order valence-electron chi connectivity index (χ0n) is 7.45. The summed E-state index contributed by atoms with van der Waals surface area (Å²) in [5.41, 5.74) is 5.38. The Balaban J connectivity index is 2.33. The molecule has 0 radical (unpaired) electrons. The maximum absolute atomic E-state index is 10.9. The highest BCUT2D eigenvalue weighted by Crippen LogP contribution is 2.06. The Morgan fingerprint density at radius 2 is 2.50 bits per heavy atom. The quantitative estimate of drug-likeness (QED) is 0.588. The highest BCUT2D eigenvalue weighted by Gasteiger charge is 2.23. The summed E-state index contributed by atoms with van der Waals surface area (Å²) in [5, 5.41) is 0. The lowest BCUT2D eigenvalue weighted by Crippen LogP contribution is -2.46. The number of hydrogen-bond acceptors (Lipinski definition) is 4. The summed E-state index contributed by atoms with van der Waals surface area (Å²) in [4.78, 5) is 13.0. The average Bonchev–Trinajstić information content (AvgIpc) is 2.07. The van der Waals surface area contributed by atoms with E-state index >= 15 is 0 Å². The minimum atomic E-state index is -0.120. The number of ether oxygens (including phenoxy) is 1. The molecule has 1 fully saturated rings. The molecule has 0 spiro atoms. The van der Waals surface area contributed by atoms with Crippen molar-refractivity contribution in [1.82, 2.24) is 4.90 Å². The van der Waals surface area contributed by atoms with Crippen molar-refractivity contribution in [3.63, 3.8) is 0 Å². The Morgan fingerprint density at radius 3 is 3.17 bits per heavy atom. The summed E-state index contributed by atoms with van der Waals surface area (Å²) >= 11 is 0. The Kier molecular flexibility index (Phi) is 3.49. The summed E-state index contributed by atoms with van der Waals surface area (Å²) in [6.07, 6.45) is 0.942. The first-order valence-electron chi connectivity index (χ1n) is 4.33. The second-order valence-corrected chi connectivity index (χ2v) is 3.14. The monoisotopic (exact) mass is 172 g/mol. The first kappa shape index (κ1) is 9.48. The van der Waals surface area contributed by atoms with Crippen LogP contribution in [0.1, 0.15) is 13.3 Å². The maximum Gasteiger partial charge on any atom is 0.320 e. The van der Waals surface area contributed by atoms with Gasteiger partial charge >= 0.3 is 5.97 Å². The summed E-state index contributed by atoms with van der Waals surface area (Å²) in [7, 11) is 0. The molecule has 12 heavy (non-hydrogen) atoms. The molecule has 70 valence electrons. The van der Waals surface area contributed by atoms with Gasteiger partial charge in [0.15, 0.2) is 0 Å². The Labute approximate surface area is 72.7 Å². The lowest BCUT2D eigenvalue weighted by atomic mass is 10.2. The third kappa shape index (κ3) is 2.46. The molecule has 1 rings (SSSR count). The molecule has 1 saturated heterocycles. The number of carbonyl (C=O) groups excluding carboxylic acids is 1. The molecule has 0 aromatic rings. The molecule has 1 unspecified atom stereocenters. The fourth-order valence-electron chi connectivity index (χ4n) is 1.28. The van der Waals surface area contributed by atoms with Crippen molar-refractivity contribution in [3.8, 4) is 0 Å². The van der Waals surface area contributed by atoms with E-state index < -0.39 is 0 Å². The molecule has 0 amide bonds. The van der Waals surface area contributed by atoms with Crippen molar-refractivity contribution in [1.29, 1.82) is 0 Å². The zero-order valence-corrected chi connectivity index (χ0v) is 7.45. The van der Waals surface area contributed by atoms with E-state index in [1.807, 2.05) is 0 Å². The van der Waals surface area contributed by atoms with Crippen molar-refractivity contribution in [3.05, 3.63) is 0 Å². The van der Waals surface area contributed by atoms with Crippen LogP contribution in [-0.2, 0) is 9.53 Å². The number of nitrogens with zero attached hydrogens (tertiary/aromatic N) is 1. The molecule has 1 heterocycles. The van der Waals surface area contributed by atoms with Gasteiger partial charge in [-0.05, 0) is 19.9 Å². The van der Waals surface area contributed by atoms with Crippen LogP contribution in [0.2, 0.25) is 0 Å². The van der Waals surface area contributed by atoms with Crippen molar-refractivity contribution in [2.75, 3.05) is 26.2 Å². The van der Waals surface area contributed by atoms with Gasteiger partial charge in [0.25, 0.3) is 0 Å². The standard InChI is InChI=1S/C8H16N2O2/c1-7-6-12-8(11)5-10(7)4-2-3-9/h7H,2-6,9H2,1H3. The van der Waals surface area contributed by atoms with E-state index in [9.17, 15) is 4.79 Å². The van der Waals surface area contributed by atoms with Crippen LogP contribution in [0.3, 0.4) is 0 Å². The lowest BCUT2D eigenvalue weighted by Gasteiger charge is -2.31. The van der Waals surface area contributed by atoms with Crippen molar-refractivity contribution >= 4 is 5.97 Å². The largest absolute Gasteiger partial charge is 0.463 e. The average molecular weight is 172 g/mol. The molecule has 0 aromatic carbocycles. The van der Waals surface area contributed by atoms with Gasteiger partial charge in [-0.15, -0.1) is 0 Å². The zero-order chi connectivity index (χ0) is 8.97. The minimum Gasteiger partial charge on any atom is -0.463 e. The minimum absolute atomic E-state index is 0.120. The molecule has 1 atom stereocenters.